The number of ether oxygens (including phenoxy) is 2. The molecule has 0 saturated carbocycles. The molecule has 6 heteroatoms. The van der Waals surface area contributed by atoms with Gasteiger partial charge in [0.15, 0.2) is 0 Å². The highest BCUT2D eigenvalue weighted by Gasteiger charge is 2.27. The number of benzene rings is 1. The van der Waals surface area contributed by atoms with E-state index in [-0.39, 0.29) is 17.7 Å². The van der Waals surface area contributed by atoms with Gasteiger partial charge in [-0.2, -0.15) is 0 Å². The second-order valence-electron chi connectivity index (χ2n) is 6.29. The van der Waals surface area contributed by atoms with E-state index in [1.54, 1.807) is 25.2 Å². The second-order valence-corrected chi connectivity index (χ2v) is 6.29. The topological polar surface area (TPSA) is 59.1 Å². The van der Waals surface area contributed by atoms with Gasteiger partial charge in [0.2, 0.25) is 5.91 Å². The third-order valence-electron chi connectivity index (χ3n) is 4.32. The zero-order valence-corrected chi connectivity index (χ0v) is 15.1. The van der Waals surface area contributed by atoms with E-state index in [0.29, 0.717) is 43.2 Å². The van der Waals surface area contributed by atoms with Crippen LogP contribution in [0.5, 0.6) is 11.5 Å². The highest BCUT2D eigenvalue weighted by molar-refractivity contribution is 5.97. The monoisotopic (exact) mass is 334 g/mol. The van der Waals surface area contributed by atoms with E-state index in [1.165, 1.54) is 0 Å². The third kappa shape index (κ3) is 3.63. The number of aryl methyl sites for hydroxylation is 1. The molecular formula is C18H26N2O4. The van der Waals surface area contributed by atoms with Crippen LogP contribution in [-0.4, -0.2) is 62.0 Å². The average Bonchev–Trinajstić information content (AvgIpc) is 2.60. The Kier molecular flexibility index (Phi) is 5.70. The summed E-state index contributed by atoms with van der Waals surface area (Å²) >= 11 is 0. The maximum Gasteiger partial charge on any atom is 0.257 e. The van der Waals surface area contributed by atoms with E-state index >= 15 is 0 Å². The fourth-order valence-electron chi connectivity index (χ4n) is 2.88. The van der Waals surface area contributed by atoms with Crippen molar-refractivity contribution in [3.05, 3.63) is 23.3 Å². The lowest BCUT2D eigenvalue weighted by atomic mass is 10.1. The third-order valence-corrected chi connectivity index (χ3v) is 4.32. The lowest BCUT2D eigenvalue weighted by Crippen LogP contribution is -2.51. The fourth-order valence-corrected chi connectivity index (χ4v) is 2.88. The summed E-state index contributed by atoms with van der Waals surface area (Å²) in [5.74, 6) is 1.22. The highest BCUT2D eigenvalue weighted by atomic mass is 16.5. The van der Waals surface area contributed by atoms with Crippen LogP contribution in [0.3, 0.4) is 0 Å². The van der Waals surface area contributed by atoms with Gasteiger partial charge < -0.3 is 19.3 Å². The molecule has 0 unspecified atom stereocenters. The molecule has 0 aromatic heterocycles. The molecule has 2 rings (SSSR count). The predicted molar refractivity (Wildman–Crippen MR) is 91.6 cm³/mol. The van der Waals surface area contributed by atoms with Crippen molar-refractivity contribution in [3.8, 4) is 11.5 Å². The molecule has 1 saturated heterocycles. The van der Waals surface area contributed by atoms with Gasteiger partial charge in [-0.1, -0.05) is 13.8 Å². The number of carbonyl (C=O) groups excluding carboxylic acids is 2. The van der Waals surface area contributed by atoms with Crippen molar-refractivity contribution in [2.45, 2.75) is 20.8 Å². The Labute approximate surface area is 143 Å². The molecule has 6 nitrogen and oxygen atoms in total. The molecule has 1 aliphatic rings. The number of nitrogens with zero attached hydrogens (tertiary/aromatic N) is 2. The lowest BCUT2D eigenvalue weighted by molar-refractivity contribution is -0.135. The van der Waals surface area contributed by atoms with Crippen molar-refractivity contribution >= 4 is 11.8 Å². The van der Waals surface area contributed by atoms with Crippen molar-refractivity contribution in [2.24, 2.45) is 5.92 Å². The minimum Gasteiger partial charge on any atom is -0.496 e. The Morgan fingerprint density at radius 3 is 2.00 bits per heavy atom. The van der Waals surface area contributed by atoms with E-state index in [4.69, 9.17) is 9.47 Å². The van der Waals surface area contributed by atoms with E-state index in [0.717, 1.165) is 5.56 Å². The molecule has 1 aromatic carbocycles. The first-order valence-corrected chi connectivity index (χ1v) is 8.19. The summed E-state index contributed by atoms with van der Waals surface area (Å²) in [5, 5.41) is 0. The lowest BCUT2D eigenvalue weighted by Gasteiger charge is -2.35. The average molecular weight is 334 g/mol. The van der Waals surface area contributed by atoms with Crippen LogP contribution in [0.2, 0.25) is 0 Å². The molecule has 1 aromatic rings. The van der Waals surface area contributed by atoms with Crippen molar-refractivity contribution in [1.29, 1.82) is 0 Å². The van der Waals surface area contributed by atoms with Crippen LogP contribution < -0.4 is 9.47 Å². The number of amides is 2. The maximum atomic E-state index is 12.9. The number of hydrogen-bond donors (Lipinski definition) is 0. The van der Waals surface area contributed by atoms with Crippen molar-refractivity contribution in [3.63, 3.8) is 0 Å². The quantitative estimate of drug-likeness (QED) is 0.844. The summed E-state index contributed by atoms with van der Waals surface area (Å²) in [4.78, 5) is 28.5. The Hall–Kier alpha value is -2.24. The minimum absolute atomic E-state index is 0.0197. The summed E-state index contributed by atoms with van der Waals surface area (Å²) in [6.07, 6.45) is 0. The van der Waals surface area contributed by atoms with Gasteiger partial charge in [-0.3, -0.25) is 9.59 Å². The predicted octanol–water partition coefficient (Wildman–Crippen LogP) is 1.95. The van der Waals surface area contributed by atoms with E-state index in [1.807, 2.05) is 31.7 Å². The maximum absolute atomic E-state index is 12.9. The van der Waals surface area contributed by atoms with Crippen molar-refractivity contribution in [1.82, 2.24) is 9.80 Å². The number of carbonyl (C=O) groups is 2. The minimum atomic E-state index is -0.0956. The molecule has 0 aliphatic carbocycles. The first-order chi connectivity index (χ1) is 11.4. The zero-order chi connectivity index (χ0) is 17.9. The SMILES string of the molecule is COc1cc(C(=O)N2CCN(C(=O)C(C)C)CC2)c(OC)cc1C. The standard InChI is InChI=1S/C18H26N2O4/c1-12(2)17(21)19-6-8-20(9-7-19)18(22)14-11-15(23-4)13(3)10-16(14)24-5/h10-12H,6-9H2,1-5H3. The molecule has 2 amide bonds. The first-order valence-electron chi connectivity index (χ1n) is 8.19. The van der Waals surface area contributed by atoms with E-state index < -0.39 is 0 Å². The Morgan fingerprint density at radius 2 is 1.50 bits per heavy atom. The van der Waals surface area contributed by atoms with Crippen LogP contribution in [0.15, 0.2) is 12.1 Å². The molecule has 0 bridgehead atoms. The Morgan fingerprint density at radius 1 is 0.958 bits per heavy atom. The van der Waals surface area contributed by atoms with E-state index in [9.17, 15) is 9.59 Å². The van der Waals surface area contributed by atoms with Gasteiger partial charge in [-0.05, 0) is 24.6 Å². The molecule has 0 N–H and O–H groups in total. The summed E-state index contributed by atoms with van der Waals surface area (Å²) in [7, 11) is 3.14. The first kappa shape index (κ1) is 18.1. The second kappa shape index (κ2) is 7.55. The molecule has 1 fully saturated rings. The van der Waals surface area contributed by atoms with Crippen LogP contribution in [0.1, 0.15) is 29.8 Å². The summed E-state index contributed by atoms with van der Waals surface area (Å²) < 4.78 is 10.7. The molecule has 0 spiro atoms. The molecule has 24 heavy (non-hydrogen) atoms. The number of methoxy groups -OCH3 is 2. The number of hydrogen-bond acceptors (Lipinski definition) is 4. The van der Waals surface area contributed by atoms with Gasteiger partial charge in [0.25, 0.3) is 5.91 Å². The zero-order valence-electron chi connectivity index (χ0n) is 15.1. The van der Waals surface area contributed by atoms with Crippen molar-refractivity contribution in [2.75, 3.05) is 40.4 Å². The van der Waals surface area contributed by atoms with Gasteiger partial charge in [0.05, 0.1) is 19.8 Å². The Bertz CT molecular complexity index is 620. The summed E-state index contributed by atoms with van der Waals surface area (Å²) in [6, 6.07) is 3.53. The van der Waals surface area contributed by atoms with Gasteiger partial charge in [0.1, 0.15) is 11.5 Å². The summed E-state index contributed by atoms with van der Waals surface area (Å²) in [6.45, 7) is 7.87. The molecule has 1 aliphatic heterocycles. The van der Waals surface area contributed by atoms with Crippen LogP contribution in [0.4, 0.5) is 0 Å². The normalized spacial score (nSPS) is 14.8. The highest BCUT2D eigenvalue weighted by Crippen LogP contribution is 2.29. The molecular weight excluding hydrogens is 308 g/mol. The smallest absolute Gasteiger partial charge is 0.257 e. The van der Waals surface area contributed by atoms with Crippen LogP contribution in [0.25, 0.3) is 0 Å². The number of rotatable bonds is 4. The molecule has 0 atom stereocenters. The van der Waals surface area contributed by atoms with Crippen molar-refractivity contribution < 1.29 is 19.1 Å². The van der Waals surface area contributed by atoms with Gasteiger partial charge in [-0.15, -0.1) is 0 Å². The molecule has 132 valence electrons. The number of piperazine rings is 1. The molecule has 0 radical (unpaired) electrons. The van der Waals surface area contributed by atoms with Crippen LogP contribution >= 0.6 is 0 Å². The van der Waals surface area contributed by atoms with Crippen LogP contribution in [-0.2, 0) is 4.79 Å². The fraction of sp³-hybridized carbons (Fsp3) is 0.556. The van der Waals surface area contributed by atoms with E-state index in [2.05, 4.69) is 0 Å². The Balaban J connectivity index is 2.14. The van der Waals surface area contributed by atoms with Gasteiger partial charge in [-0.25, -0.2) is 0 Å². The molecule has 1 heterocycles. The largest absolute Gasteiger partial charge is 0.496 e. The van der Waals surface area contributed by atoms with Crippen LogP contribution in [0, 0.1) is 12.8 Å². The van der Waals surface area contributed by atoms with Gasteiger partial charge in [0, 0.05) is 32.1 Å². The summed E-state index contributed by atoms with van der Waals surface area (Å²) in [5.41, 5.74) is 1.40. The van der Waals surface area contributed by atoms with Gasteiger partial charge >= 0.3 is 0 Å².